The summed E-state index contributed by atoms with van der Waals surface area (Å²) in [5, 5.41) is 2.64. The molecule has 0 aromatic heterocycles. The maximum absolute atomic E-state index is 2.54. The van der Waals surface area contributed by atoms with Crippen LogP contribution in [0, 0.1) is 5.41 Å². The van der Waals surface area contributed by atoms with Crippen LogP contribution in [0.3, 0.4) is 0 Å². The molecule has 5 rings (SSSR count). The van der Waals surface area contributed by atoms with Gasteiger partial charge in [0.1, 0.15) is 0 Å². The standard InChI is InChI=1S/C28H30/c1-2-14-28(15-5-6-16-28)20-21-17-24-10-7-11-26(27(24)18-21)25-13-12-22-8-3-4-9-23(22)19-25/h3-4,7-13,18-19H,2,5-6,14-17,20H2,1H3. The largest absolute Gasteiger partial charge is 0.0654 e. The zero-order valence-corrected chi connectivity index (χ0v) is 17.0. The Morgan fingerprint density at radius 2 is 1.68 bits per heavy atom. The smallest absolute Gasteiger partial charge is 0.00574 e. The van der Waals surface area contributed by atoms with Crippen molar-refractivity contribution >= 4 is 16.8 Å². The van der Waals surface area contributed by atoms with Crippen LogP contribution >= 0.6 is 0 Å². The Morgan fingerprint density at radius 3 is 2.50 bits per heavy atom. The summed E-state index contributed by atoms with van der Waals surface area (Å²) < 4.78 is 0. The number of benzene rings is 3. The normalized spacial score (nSPS) is 17.7. The number of hydrogen-bond acceptors (Lipinski definition) is 0. The quantitative estimate of drug-likeness (QED) is 0.427. The van der Waals surface area contributed by atoms with Crippen molar-refractivity contribution in [3.05, 3.63) is 77.4 Å². The fraction of sp³-hybridized carbons (Fsp3) is 0.357. The molecule has 1 saturated carbocycles. The van der Waals surface area contributed by atoms with Crippen molar-refractivity contribution in [3.63, 3.8) is 0 Å². The van der Waals surface area contributed by atoms with Crippen LogP contribution in [0.15, 0.2) is 66.2 Å². The highest BCUT2D eigenvalue weighted by Gasteiger charge is 2.34. The van der Waals surface area contributed by atoms with Gasteiger partial charge in [-0.2, -0.15) is 0 Å². The number of fused-ring (bicyclic) bond motifs is 2. The first kappa shape index (κ1) is 17.7. The average Bonchev–Trinajstić information content (AvgIpc) is 3.34. The van der Waals surface area contributed by atoms with Gasteiger partial charge in [0, 0.05) is 0 Å². The lowest BCUT2D eigenvalue weighted by molar-refractivity contribution is 0.265. The zero-order chi connectivity index (χ0) is 19.0. The minimum Gasteiger partial charge on any atom is -0.0654 e. The molecular weight excluding hydrogens is 336 g/mol. The third-order valence-electron chi connectivity index (χ3n) is 7.07. The van der Waals surface area contributed by atoms with E-state index < -0.39 is 0 Å². The molecule has 0 aliphatic heterocycles. The van der Waals surface area contributed by atoms with E-state index in [-0.39, 0.29) is 0 Å². The molecule has 0 radical (unpaired) electrons. The SMILES string of the molecule is CCCC1(CC2=Cc3c(cccc3-c3ccc4ccccc4c3)C2)CCCC1. The first-order valence-electron chi connectivity index (χ1n) is 11.1. The second-order valence-corrected chi connectivity index (χ2v) is 9.05. The van der Waals surface area contributed by atoms with Crippen LogP contribution in [0.1, 0.15) is 63.0 Å². The Morgan fingerprint density at radius 1 is 0.857 bits per heavy atom. The van der Waals surface area contributed by atoms with E-state index in [0.29, 0.717) is 5.41 Å². The van der Waals surface area contributed by atoms with Gasteiger partial charge in [-0.05, 0) is 76.6 Å². The molecule has 0 heteroatoms. The van der Waals surface area contributed by atoms with Gasteiger partial charge in [0.25, 0.3) is 0 Å². The zero-order valence-electron chi connectivity index (χ0n) is 17.0. The van der Waals surface area contributed by atoms with Crippen molar-refractivity contribution in [2.45, 2.75) is 58.3 Å². The van der Waals surface area contributed by atoms with Crippen LogP contribution < -0.4 is 0 Å². The van der Waals surface area contributed by atoms with Crippen molar-refractivity contribution < 1.29 is 0 Å². The van der Waals surface area contributed by atoms with Gasteiger partial charge in [-0.1, -0.05) is 92.4 Å². The molecule has 0 bridgehead atoms. The highest BCUT2D eigenvalue weighted by atomic mass is 14.4. The molecule has 0 saturated heterocycles. The minimum atomic E-state index is 0.589. The Balaban J connectivity index is 1.50. The van der Waals surface area contributed by atoms with Gasteiger partial charge < -0.3 is 0 Å². The van der Waals surface area contributed by atoms with Crippen molar-refractivity contribution in [3.8, 4) is 11.1 Å². The molecule has 142 valence electrons. The molecule has 0 heterocycles. The highest BCUT2D eigenvalue weighted by Crippen LogP contribution is 2.48. The lowest BCUT2D eigenvalue weighted by atomic mass is 9.76. The molecule has 0 unspecified atom stereocenters. The highest BCUT2D eigenvalue weighted by molar-refractivity contribution is 5.90. The predicted octanol–water partition coefficient (Wildman–Crippen LogP) is 8.20. The first-order valence-corrected chi connectivity index (χ1v) is 11.1. The Labute approximate surface area is 169 Å². The topological polar surface area (TPSA) is 0 Å². The van der Waals surface area contributed by atoms with Crippen molar-refractivity contribution in [2.75, 3.05) is 0 Å². The van der Waals surface area contributed by atoms with Crippen LogP contribution in [0.25, 0.3) is 28.0 Å². The maximum Gasteiger partial charge on any atom is -0.00574 e. The maximum atomic E-state index is 2.54. The third kappa shape index (κ3) is 3.20. The average molecular weight is 367 g/mol. The summed E-state index contributed by atoms with van der Waals surface area (Å²) in [4.78, 5) is 0. The van der Waals surface area contributed by atoms with E-state index in [1.165, 1.54) is 78.0 Å². The van der Waals surface area contributed by atoms with Gasteiger partial charge in [-0.3, -0.25) is 0 Å². The first-order chi connectivity index (χ1) is 13.8. The molecule has 0 spiro atoms. The second-order valence-electron chi connectivity index (χ2n) is 9.05. The number of allylic oxidation sites excluding steroid dienone is 1. The van der Waals surface area contributed by atoms with Crippen LogP contribution in [0.2, 0.25) is 0 Å². The predicted molar refractivity (Wildman–Crippen MR) is 121 cm³/mol. The Bertz CT molecular complexity index is 1030. The molecule has 0 amide bonds. The van der Waals surface area contributed by atoms with Gasteiger partial charge >= 0.3 is 0 Å². The van der Waals surface area contributed by atoms with Gasteiger partial charge in [-0.25, -0.2) is 0 Å². The van der Waals surface area contributed by atoms with E-state index in [1.807, 2.05) is 0 Å². The van der Waals surface area contributed by atoms with E-state index in [4.69, 9.17) is 0 Å². The summed E-state index contributed by atoms with van der Waals surface area (Å²) >= 11 is 0. The van der Waals surface area contributed by atoms with Gasteiger partial charge in [0.15, 0.2) is 0 Å². The molecule has 0 atom stereocenters. The number of rotatable bonds is 5. The molecule has 28 heavy (non-hydrogen) atoms. The summed E-state index contributed by atoms with van der Waals surface area (Å²) in [7, 11) is 0. The Hall–Kier alpha value is -2.34. The lowest BCUT2D eigenvalue weighted by Crippen LogP contribution is -2.17. The summed E-state index contributed by atoms with van der Waals surface area (Å²) in [6.45, 7) is 2.36. The van der Waals surface area contributed by atoms with E-state index in [9.17, 15) is 0 Å². The molecule has 0 nitrogen and oxygen atoms in total. The van der Waals surface area contributed by atoms with Crippen LogP contribution in [0.5, 0.6) is 0 Å². The van der Waals surface area contributed by atoms with E-state index >= 15 is 0 Å². The van der Waals surface area contributed by atoms with Gasteiger partial charge in [0.2, 0.25) is 0 Å². The monoisotopic (exact) mass is 366 g/mol. The fourth-order valence-corrected chi connectivity index (χ4v) is 5.81. The molecule has 3 aromatic carbocycles. The Kier molecular flexibility index (Phi) is 4.59. The van der Waals surface area contributed by atoms with Crippen LogP contribution in [-0.2, 0) is 6.42 Å². The lowest BCUT2D eigenvalue weighted by Gasteiger charge is -2.29. The van der Waals surface area contributed by atoms with E-state index in [2.05, 4.69) is 73.7 Å². The van der Waals surface area contributed by atoms with Gasteiger partial charge in [0.05, 0.1) is 0 Å². The summed E-state index contributed by atoms with van der Waals surface area (Å²) in [6, 6.07) is 22.5. The molecule has 0 N–H and O–H groups in total. The summed E-state index contributed by atoms with van der Waals surface area (Å²) in [5.41, 5.74) is 7.99. The third-order valence-corrected chi connectivity index (χ3v) is 7.07. The molecule has 2 aliphatic carbocycles. The van der Waals surface area contributed by atoms with Crippen LogP contribution in [0.4, 0.5) is 0 Å². The van der Waals surface area contributed by atoms with Crippen molar-refractivity contribution in [1.29, 1.82) is 0 Å². The summed E-state index contributed by atoms with van der Waals surface area (Å²) in [6.07, 6.45) is 13.5. The molecule has 1 fully saturated rings. The van der Waals surface area contributed by atoms with E-state index in [1.54, 1.807) is 5.57 Å². The van der Waals surface area contributed by atoms with Crippen molar-refractivity contribution in [1.82, 2.24) is 0 Å². The van der Waals surface area contributed by atoms with E-state index in [0.717, 1.165) is 6.42 Å². The molecule has 2 aliphatic rings. The summed E-state index contributed by atoms with van der Waals surface area (Å²) in [5.74, 6) is 0. The second kappa shape index (κ2) is 7.24. The minimum absolute atomic E-state index is 0.589. The van der Waals surface area contributed by atoms with Crippen LogP contribution in [-0.4, -0.2) is 0 Å². The fourth-order valence-electron chi connectivity index (χ4n) is 5.81. The number of hydrogen-bond donors (Lipinski definition) is 0. The molecular formula is C28H30. The van der Waals surface area contributed by atoms with Gasteiger partial charge in [-0.15, -0.1) is 0 Å². The van der Waals surface area contributed by atoms with Crippen molar-refractivity contribution in [2.24, 2.45) is 5.41 Å². The molecule has 3 aromatic rings.